The van der Waals surface area contributed by atoms with Crippen LogP contribution in [-0.2, 0) is 9.53 Å². The fourth-order valence-corrected chi connectivity index (χ4v) is 1.62. The highest BCUT2D eigenvalue weighted by Gasteiger charge is 2.19. The van der Waals surface area contributed by atoms with Crippen LogP contribution in [-0.4, -0.2) is 36.6 Å². The standard InChI is InChI=1S/C11H19NO2/c1-4-14-11(13)7-10-5-6-12(8-10)9(2)3/h7,9H,4-6,8H2,1-3H3/b10-7+. The van der Waals surface area contributed by atoms with Gasteiger partial charge in [0, 0.05) is 25.2 Å². The quantitative estimate of drug-likeness (QED) is 0.508. The average molecular weight is 197 g/mol. The van der Waals surface area contributed by atoms with Crippen molar-refractivity contribution in [2.45, 2.75) is 33.2 Å². The van der Waals surface area contributed by atoms with Crippen molar-refractivity contribution in [2.24, 2.45) is 0 Å². The topological polar surface area (TPSA) is 29.5 Å². The SMILES string of the molecule is CCOC(=O)/C=C1\CCN(C(C)C)C1. The molecular formula is C11H19NO2. The third kappa shape index (κ3) is 3.14. The molecule has 1 aliphatic heterocycles. The lowest BCUT2D eigenvalue weighted by molar-refractivity contribution is -0.137. The van der Waals surface area contributed by atoms with E-state index in [1.807, 2.05) is 6.92 Å². The van der Waals surface area contributed by atoms with Crippen LogP contribution in [0.1, 0.15) is 27.2 Å². The maximum Gasteiger partial charge on any atom is 0.330 e. The van der Waals surface area contributed by atoms with Gasteiger partial charge in [0.25, 0.3) is 0 Å². The lowest BCUT2D eigenvalue weighted by Gasteiger charge is -2.18. The molecule has 1 fully saturated rings. The number of likely N-dealkylation sites (tertiary alicyclic amines) is 1. The minimum Gasteiger partial charge on any atom is -0.463 e. The zero-order valence-electron chi connectivity index (χ0n) is 9.25. The average Bonchev–Trinajstić information content (AvgIpc) is 2.53. The molecule has 0 radical (unpaired) electrons. The number of hydrogen-bond acceptors (Lipinski definition) is 3. The number of carbonyl (C=O) groups is 1. The number of carbonyl (C=O) groups excluding carboxylic acids is 1. The third-order valence-electron chi connectivity index (χ3n) is 2.47. The second-order valence-corrected chi connectivity index (χ2v) is 3.87. The monoisotopic (exact) mass is 197 g/mol. The van der Waals surface area contributed by atoms with Crippen molar-refractivity contribution in [1.29, 1.82) is 0 Å². The lowest BCUT2D eigenvalue weighted by atomic mass is 10.2. The summed E-state index contributed by atoms with van der Waals surface area (Å²) < 4.78 is 4.87. The second-order valence-electron chi connectivity index (χ2n) is 3.87. The molecule has 0 aromatic carbocycles. The van der Waals surface area contributed by atoms with Crippen molar-refractivity contribution in [2.75, 3.05) is 19.7 Å². The van der Waals surface area contributed by atoms with Gasteiger partial charge >= 0.3 is 5.97 Å². The van der Waals surface area contributed by atoms with Gasteiger partial charge in [0.2, 0.25) is 0 Å². The van der Waals surface area contributed by atoms with Crippen LogP contribution >= 0.6 is 0 Å². The second kappa shape index (κ2) is 5.15. The Bertz CT molecular complexity index is 233. The van der Waals surface area contributed by atoms with E-state index in [9.17, 15) is 4.79 Å². The Morgan fingerprint density at radius 2 is 2.36 bits per heavy atom. The van der Waals surface area contributed by atoms with Gasteiger partial charge in [-0.3, -0.25) is 4.90 Å². The van der Waals surface area contributed by atoms with Crippen molar-refractivity contribution in [3.8, 4) is 0 Å². The van der Waals surface area contributed by atoms with Gasteiger partial charge in [-0.05, 0) is 32.8 Å². The van der Waals surface area contributed by atoms with E-state index in [0.29, 0.717) is 12.6 Å². The van der Waals surface area contributed by atoms with Gasteiger partial charge in [0.15, 0.2) is 0 Å². The first-order valence-electron chi connectivity index (χ1n) is 5.23. The van der Waals surface area contributed by atoms with Crippen molar-refractivity contribution in [1.82, 2.24) is 4.90 Å². The summed E-state index contributed by atoms with van der Waals surface area (Å²) in [7, 11) is 0. The van der Waals surface area contributed by atoms with Crippen LogP contribution < -0.4 is 0 Å². The molecule has 1 aliphatic rings. The first-order valence-corrected chi connectivity index (χ1v) is 5.23. The van der Waals surface area contributed by atoms with Gasteiger partial charge in [-0.15, -0.1) is 0 Å². The number of nitrogens with zero attached hydrogens (tertiary/aromatic N) is 1. The van der Waals surface area contributed by atoms with Crippen LogP contribution in [0.4, 0.5) is 0 Å². The van der Waals surface area contributed by atoms with Crippen LogP contribution in [0.5, 0.6) is 0 Å². The Kier molecular flexibility index (Phi) is 4.14. The molecule has 14 heavy (non-hydrogen) atoms. The van der Waals surface area contributed by atoms with Crippen LogP contribution in [0, 0.1) is 0 Å². The zero-order valence-corrected chi connectivity index (χ0v) is 9.25. The summed E-state index contributed by atoms with van der Waals surface area (Å²) in [6.07, 6.45) is 2.64. The van der Waals surface area contributed by atoms with Crippen molar-refractivity contribution >= 4 is 5.97 Å². The van der Waals surface area contributed by atoms with E-state index in [1.165, 1.54) is 5.57 Å². The van der Waals surface area contributed by atoms with Gasteiger partial charge in [0.1, 0.15) is 0 Å². The molecule has 1 rings (SSSR count). The highest BCUT2D eigenvalue weighted by atomic mass is 16.5. The smallest absolute Gasteiger partial charge is 0.330 e. The maximum absolute atomic E-state index is 11.2. The fourth-order valence-electron chi connectivity index (χ4n) is 1.62. The molecule has 0 aliphatic carbocycles. The molecule has 0 atom stereocenters. The molecule has 0 saturated carbocycles. The Hall–Kier alpha value is -0.830. The van der Waals surface area contributed by atoms with E-state index in [-0.39, 0.29) is 5.97 Å². The number of hydrogen-bond donors (Lipinski definition) is 0. The Labute approximate surface area is 85.7 Å². The molecule has 1 heterocycles. The number of esters is 1. The minimum atomic E-state index is -0.201. The van der Waals surface area contributed by atoms with Gasteiger partial charge in [-0.25, -0.2) is 4.79 Å². The molecular weight excluding hydrogens is 178 g/mol. The molecule has 1 saturated heterocycles. The van der Waals surface area contributed by atoms with Crippen LogP contribution in [0.2, 0.25) is 0 Å². The van der Waals surface area contributed by atoms with E-state index in [2.05, 4.69) is 18.7 Å². The van der Waals surface area contributed by atoms with Crippen LogP contribution in [0.25, 0.3) is 0 Å². The van der Waals surface area contributed by atoms with Gasteiger partial charge < -0.3 is 4.74 Å². The Balaban J connectivity index is 2.44. The fraction of sp³-hybridized carbons (Fsp3) is 0.727. The first kappa shape index (κ1) is 11.2. The van der Waals surface area contributed by atoms with Gasteiger partial charge in [0.05, 0.1) is 6.61 Å². The molecule has 0 N–H and O–H groups in total. The molecule has 0 bridgehead atoms. The molecule has 0 aromatic heterocycles. The summed E-state index contributed by atoms with van der Waals surface area (Å²) in [4.78, 5) is 13.5. The molecule has 0 aromatic rings. The molecule has 0 unspecified atom stereocenters. The predicted molar refractivity (Wildman–Crippen MR) is 56.0 cm³/mol. The van der Waals surface area contributed by atoms with E-state index in [0.717, 1.165) is 19.5 Å². The van der Waals surface area contributed by atoms with Crippen LogP contribution in [0.3, 0.4) is 0 Å². The summed E-state index contributed by atoms with van der Waals surface area (Å²) in [5, 5.41) is 0. The Morgan fingerprint density at radius 1 is 1.64 bits per heavy atom. The minimum absolute atomic E-state index is 0.201. The molecule has 0 spiro atoms. The summed E-state index contributed by atoms with van der Waals surface area (Å²) in [6.45, 7) is 8.60. The van der Waals surface area contributed by atoms with E-state index < -0.39 is 0 Å². The summed E-state index contributed by atoms with van der Waals surface area (Å²) in [6, 6.07) is 0.558. The van der Waals surface area contributed by atoms with Crippen molar-refractivity contribution < 1.29 is 9.53 Å². The first-order chi connectivity index (χ1) is 6.63. The van der Waals surface area contributed by atoms with E-state index in [1.54, 1.807) is 6.08 Å². The van der Waals surface area contributed by atoms with E-state index in [4.69, 9.17) is 4.74 Å². The van der Waals surface area contributed by atoms with Gasteiger partial charge in [-0.1, -0.05) is 0 Å². The molecule has 80 valence electrons. The number of ether oxygens (including phenoxy) is 1. The van der Waals surface area contributed by atoms with Crippen molar-refractivity contribution in [3.05, 3.63) is 11.6 Å². The summed E-state index contributed by atoms with van der Waals surface area (Å²) >= 11 is 0. The summed E-state index contributed by atoms with van der Waals surface area (Å²) in [5.74, 6) is -0.201. The maximum atomic E-state index is 11.2. The highest BCUT2D eigenvalue weighted by molar-refractivity contribution is 5.82. The van der Waals surface area contributed by atoms with E-state index >= 15 is 0 Å². The zero-order chi connectivity index (χ0) is 10.6. The van der Waals surface area contributed by atoms with Crippen molar-refractivity contribution in [3.63, 3.8) is 0 Å². The molecule has 3 nitrogen and oxygen atoms in total. The highest BCUT2D eigenvalue weighted by Crippen LogP contribution is 2.17. The molecule has 0 amide bonds. The Morgan fingerprint density at radius 3 is 2.86 bits per heavy atom. The van der Waals surface area contributed by atoms with Crippen LogP contribution in [0.15, 0.2) is 11.6 Å². The third-order valence-corrected chi connectivity index (χ3v) is 2.47. The lowest BCUT2D eigenvalue weighted by Crippen LogP contribution is -2.27. The number of rotatable bonds is 3. The summed E-state index contributed by atoms with van der Waals surface area (Å²) in [5.41, 5.74) is 1.19. The largest absolute Gasteiger partial charge is 0.463 e. The van der Waals surface area contributed by atoms with Gasteiger partial charge in [-0.2, -0.15) is 0 Å². The molecule has 3 heteroatoms. The normalized spacial score (nSPS) is 20.7. The predicted octanol–water partition coefficient (Wildman–Crippen LogP) is 1.59.